The molecule has 1 rings (SSSR count). The van der Waals surface area contributed by atoms with Crippen LogP contribution >= 0.6 is 0 Å². The van der Waals surface area contributed by atoms with Crippen molar-refractivity contribution in [3.8, 4) is 0 Å². The van der Waals surface area contributed by atoms with Gasteiger partial charge in [-0.25, -0.2) is 4.79 Å². The first-order chi connectivity index (χ1) is 7.77. The highest BCUT2D eigenvalue weighted by molar-refractivity contribution is 5.95. The molecule has 0 aromatic carbocycles. The fourth-order valence-electron chi connectivity index (χ4n) is 1.52. The molecule has 0 aliphatic heterocycles. The largest absolute Gasteiger partial charge is 0.692 e. The van der Waals surface area contributed by atoms with Gasteiger partial charge >= 0.3 is 6.03 Å². The van der Waals surface area contributed by atoms with E-state index >= 15 is 0 Å². The number of carbonyl (C=O) groups excluding carboxylic acids is 2. The predicted octanol–water partition coefficient (Wildman–Crippen LogP) is -0.938. The highest BCUT2D eigenvalue weighted by atomic mass is 16.5. The molecule has 3 amide bonds. The van der Waals surface area contributed by atoms with Crippen LogP contribution in [0.25, 0.3) is 0 Å². The van der Waals surface area contributed by atoms with Crippen LogP contribution in [0.2, 0.25) is 0 Å². The molecule has 1 heterocycles. The molecule has 0 unspecified atom stereocenters. The van der Waals surface area contributed by atoms with Crippen molar-refractivity contribution in [3.05, 3.63) is 22.2 Å². The van der Waals surface area contributed by atoms with E-state index in [0.29, 0.717) is 10.5 Å². The molecule has 1 aromatic heterocycles. The Kier molecular flexibility index (Phi) is 3.26. The Balaban J connectivity index is 3.34. The zero-order chi connectivity index (χ0) is 13.3. The lowest BCUT2D eigenvalue weighted by Gasteiger charge is -2.09. The number of nitrogens with one attached hydrogen (secondary N) is 1. The van der Waals surface area contributed by atoms with Gasteiger partial charge < -0.3 is 15.8 Å². The van der Waals surface area contributed by atoms with E-state index in [-0.39, 0.29) is 17.2 Å². The molecule has 94 valence electrons. The van der Waals surface area contributed by atoms with E-state index in [2.05, 4.69) is 5.43 Å². The molecule has 17 heavy (non-hydrogen) atoms. The standard InChI is InChI=1S/C9H15N5O3/c1-5-7(8(15)12(3)4)6(2)14(17)13(5)11-9(10)16/h1-4H3,(H3,10,11,16). The third kappa shape index (κ3) is 2.14. The summed E-state index contributed by atoms with van der Waals surface area (Å²) in [6.45, 7) is 3.05. The SMILES string of the molecule is Cc1c(C(=O)N(C)C)c(C)[n+]([O-])n1NC(N)=O. The third-order valence-electron chi connectivity index (χ3n) is 2.35. The second-order valence-electron chi connectivity index (χ2n) is 3.81. The summed E-state index contributed by atoms with van der Waals surface area (Å²) in [5, 5.41) is 11.7. The van der Waals surface area contributed by atoms with Gasteiger partial charge in [0.05, 0.1) is 0 Å². The van der Waals surface area contributed by atoms with E-state index in [1.54, 1.807) is 21.0 Å². The van der Waals surface area contributed by atoms with Crippen LogP contribution in [0.15, 0.2) is 0 Å². The minimum absolute atomic E-state index is 0.204. The van der Waals surface area contributed by atoms with Crippen molar-refractivity contribution in [2.45, 2.75) is 13.8 Å². The van der Waals surface area contributed by atoms with Gasteiger partial charge in [0, 0.05) is 21.0 Å². The number of rotatable bonds is 2. The second-order valence-corrected chi connectivity index (χ2v) is 3.81. The summed E-state index contributed by atoms with van der Waals surface area (Å²) in [4.78, 5) is 25.3. The Morgan fingerprint density at radius 2 is 1.94 bits per heavy atom. The first-order valence-corrected chi connectivity index (χ1v) is 4.87. The Morgan fingerprint density at radius 1 is 1.41 bits per heavy atom. The first kappa shape index (κ1) is 12.8. The van der Waals surface area contributed by atoms with E-state index in [0.717, 1.165) is 4.79 Å². The van der Waals surface area contributed by atoms with Crippen molar-refractivity contribution >= 4 is 11.9 Å². The number of primary amides is 1. The van der Waals surface area contributed by atoms with E-state index in [9.17, 15) is 14.8 Å². The summed E-state index contributed by atoms with van der Waals surface area (Å²) in [5.74, 6) is -0.311. The van der Waals surface area contributed by atoms with Crippen molar-refractivity contribution in [1.82, 2.24) is 9.69 Å². The molecule has 0 fully saturated rings. The second kappa shape index (κ2) is 4.32. The average molecular weight is 241 g/mol. The maximum atomic E-state index is 11.9. The minimum atomic E-state index is -0.878. The highest BCUT2D eigenvalue weighted by Gasteiger charge is 2.26. The number of hydrogen-bond acceptors (Lipinski definition) is 3. The van der Waals surface area contributed by atoms with Gasteiger partial charge in [0.1, 0.15) is 17.0 Å². The van der Waals surface area contributed by atoms with E-state index < -0.39 is 6.03 Å². The van der Waals surface area contributed by atoms with E-state index in [1.807, 2.05) is 0 Å². The van der Waals surface area contributed by atoms with Crippen molar-refractivity contribution in [3.63, 3.8) is 0 Å². The van der Waals surface area contributed by atoms with Gasteiger partial charge in [-0.3, -0.25) is 4.79 Å². The zero-order valence-corrected chi connectivity index (χ0v) is 10.1. The number of aromatic nitrogens is 2. The summed E-state index contributed by atoms with van der Waals surface area (Å²) in [5.41, 5.74) is 7.85. The minimum Gasteiger partial charge on any atom is -0.692 e. The molecule has 0 aliphatic carbocycles. The number of amides is 3. The van der Waals surface area contributed by atoms with Crippen LogP contribution in [0, 0.1) is 19.1 Å². The molecule has 3 N–H and O–H groups in total. The van der Waals surface area contributed by atoms with Crippen LogP contribution in [-0.4, -0.2) is 35.7 Å². The van der Waals surface area contributed by atoms with Gasteiger partial charge in [0.15, 0.2) is 0 Å². The van der Waals surface area contributed by atoms with Crippen molar-refractivity contribution in [2.24, 2.45) is 5.73 Å². The lowest BCUT2D eigenvalue weighted by molar-refractivity contribution is -0.694. The quantitative estimate of drug-likeness (QED) is 0.515. The molecule has 0 aliphatic rings. The summed E-state index contributed by atoms with van der Waals surface area (Å²) >= 11 is 0. The van der Waals surface area contributed by atoms with Gasteiger partial charge in [-0.15, -0.1) is 5.43 Å². The molecule has 0 saturated carbocycles. The van der Waals surface area contributed by atoms with Crippen LogP contribution in [0.4, 0.5) is 4.79 Å². The Labute approximate surface area is 98.1 Å². The number of carbonyl (C=O) groups is 2. The molecule has 1 aromatic rings. The van der Waals surface area contributed by atoms with Gasteiger partial charge in [-0.2, -0.15) is 4.85 Å². The van der Waals surface area contributed by atoms with Crippen LogP contribution in [0.3, 0.4) is 0 Å². The summed E-state index contributed by atoms with van der Waals surface area (Å²) in [7, 11) is 3.16. The first-order valence-electron chi connectivity index (χ1n) is 4.87. The van der Waals surface area contributed by atoms with Gasteiger partial charge in [0.25, 0.3) is 5.91 Å². The smallest absolute Gasteiger partial charge is 0.422 e. The van der Waals surface area contributed by atoms with Gasteiger partial charge in [0.2, 0.25) is 0 Å². The summed E-state index contributed by atoms with van der Waals surface area (Å²) in [6, 6.07) is -0.878. The predicted molar refractivity (Wildman–Crippen MR) is 59.8 cm³/mol. The molecule has 0 atom stereocenters. The number of hydrogen-bond donors (Lipinski definition) is 2. The lowest BCUT2D eigenvalue weighted by Crippen LogP contribution is -2.47. The van der Waals surface area contributed by atoms with E-state index in [1.165, 1.54) is 11.8 Å². The van der Waals surface area contributed by atoms with Crippen LogP contribution in [0.5, 0.6) is 0 Å². The van der Waals surface area contributed by atoms with Crippen molar-refractivity contribution < 1.29 is 14.4 Å². The molecule has 8 nitrogen and oxygen atoms in total. The fraction of sp³-hybridized carbons (Fsp3) is 0.444. The van der Waals surface area contributed by atoms with Crippen LogP contribution in [-0.2, 0) is 0 Å². The molecule has 0 saturated heterocycles. The number of urea groups is 1. The molecule has 8 heteroatoms. The van der Waals surface area contributed by atoms with Crippen molar-refractivity contribution in [2.75, 3.05) is 19.5 Å². The maximum Gasteiger partial charge on any atom is 0.422 e. The Morgan fingerprint density at radius 3 is 2.35 bits per heavy atom. The van der Waals surface area contributed by atoms with E-state index in [4.69, 9.17) is 5.73 Å². The summed E-state index contributed by atoms with van der Waals surface area (Å²) < 4.78 is 0. The Bertz CT molecular complexity index is 477. The lowest BCUT2D eigenvalue weighted by atomic mass is 10.2. The zero-order valence-electron chi connectivity index (χ0n) is 10.1. The molecule has 0 radical (unpaired) electrons. The van der Waals surface area contributed by atoms with Gasteiger partial charge in [-0.1, -0.05) is 4.79 Å². The molecule has 0 spiro atoms. The number of nitrogens with two attached hydrogens (primary N) is 1. The van der Waals surface area contributed by atoms with Crippen molar-refractivity contribution in [1.29, 1.82) is 0 Å². The Hall–Kier alpha value is -2.25. The van der Waals surface area contributed by atoms with Crippen LogP contribution < -0.4 is 16.0 Å². The fourth-order valence-corrected chi connectivity index (χ4v) is 1.52. The molecular weight excluding hydrogens is 226 g/mol. The highest BCUT2D eigenvalue weighted by Crippen LogP contribution is 2.12. The van der Waals surface area contributed by atoms with Gasteiger partial charge in [-0.05, 0) is 6.92 Å². The topological polar surface area (TPSA) is 107 Å². The normalized spacial score (nSPS) is 10.1. The number of nitrogens with zero attached hydrogens (tertiary/aromatic N) is 3. The molecule has 0 bridgehead atoms. The average Bonchev–Trinajstić information content (AvgIpc) is 2.41. The maximum absolute atomic E-state index is 11.9. The molecular formula is C9H15N5O3. The third-order valence-corrected chi connectivity index (χ3v) is 2.35. The summed E-state index contributed by atoms with van der Waals surface area (Å²) in [6.07, 6.45) is 0. The van der Waals surface area contributed by atoms with Crippen LogP contribution in [0.1, 0.15) is 21.7 Å². The monoisotopic (exact) mass is 241 g/mol.